The van der Waals surface area contributed by atoms with Crippen LogP contribution in [0, 0.1) is 0 Å². The van der Waals surface area contributed by atoms with Crippen LogP contribution in [-0.2, 0) is 6.54 Å². The topological polar surface area (TPSA) is 29.4 Å². The van der Waals surface area contributed by atoms with Gasteiger partial charge in [0, 0.05) is 5.56 Å². The quantitative estimate of drug-likeness (QED) is 0.512. The highest BCUT2D eigenvalue weighted by Gasteiger charge is 1.97. The van der Waals surface area contributed by atoms with Crippen molar-refractivity contribution in [1.29, 1.82) is 0 Å². The van der Waals surface area contributed by atoms with Gasteiger partial charge in [0.25, 0.3) is 0 Å². The van der Waals surface area contributed by atoms with E-state index in [1.54, 1.807) is 13.1 Å². The highest BCUT2D eigenvalue weighted by atomic mass is 16.1. The molecule has 0 N–H and O–H groups in total. The normalized spacial score (nSPS) is 10.6. The van der Waals surface area contributed by atoms with E-state index in [1.165, 1.54) is 0 Å². The third-order valence-electron chi connectivity index (χ3n) is 1.82. The minimum Gasteiger partial charge on any atom is -0.295 e. The lowest BCUT2D eigenvalue weighted by molar-refractivity contribution is 0.101. The molecule has 2 nitrogen and oxygen atoms in total. The van der Waals surface area contributed by atoms with Gasteiger partial charge in [-0.1, -0.05) is 24.3 Å². The van der Waals surface area contributed by atoms with Crippen LogP contribution in [0.1, 0.15) is 29.8 Å². The van der Waals surface area contributed by atoms with E-state index in [4.69, 9.17) is 0 Å². The molecule has 1 aromatic carbocycles. The van der Waals surface area contributed by atoms with Gasteiger partial charge in [-0.15, -0.1) is 0 Å². The monoisotopic (exact) mass is 175 g/mol. The molecule has 2 heteroatoms. The van der Waals surface area contributed by atoms with E-state index in [0.29, 0.717) is 6.54 Å². The maximum atomic E-state index is 10.9. The fraction of sp³-hybridized carbons (Fsp3) is 0.273. The van der Waals surface area contributed by atoms with Gasteiger partial charge in [0.05, 0.1) is 6.54 Å². The Morgan fingerprint density at radius 3 is 2.46 bits per heavy atom. The van der Waals surface area contributed by atoms with E-state index in [9.17, 15) is 4.79 Å². The van der Waals surface area contributed by atoms with Crippen molar-refractivity contribution in [3.63, 3.8) is 0 Å². The minimum atomic E-state index is 0.102. The van der Waals surface area contributed by atoms with Crippen LogP contribution < -0.4 is 0 Å². The summed E-state index contributed by atoms with van der Waals surface area (Å²) in [5.41, 5.74) is 1.88. The Labute approximate surface area is 78.3 Å². The smallest absolute Gasteiger partial charge is 0.159 e. The van der Waals surface area contributed by atoms with E-state index in [-0.39, 0.29) is 5.78 Å². The standard InChI is InChI=1S/C11H13NO/c1-3-12-8-10-4-6-11(7-5-10)9(2)13/h3-7H,8H2,1-2H3. The average molecular weight is 175 g/mol. The molecule has 0 fully saturated rings. The number of benzene rings is 1. The van der Waals surface area contributed by atoms with Crippen molar-refractivity contribution in [1.82, 2.24) is 0 Å². The molecule has 0 aliphatic heterocycles. The summed E-state index contributed by atoms with van der Waals surface area (Å²) in [5, 5.41) is 0. The zero-order valence-corrected chi connectivity index (χ0v) is 7.95. The molecule has 1 rings (SSSR count). The molecule has 0 radical (unpaired) electrons. The first-order valence-corrected chi connectivity index (χ1v) is 4.28. The molecule has 13 heavy (non-hydrogen) atoms. The number of aliphatic imine (C=N–C) groups is 1. The number of carbonyl (C=O) groups is 1. The molecule has 0 aliphatic rings. The number of ketones is 1. The van der Waals surface area contributed by atoms with Crippen LogP contribution in [0.15, 0.2) is 29.3 Å². The van der Waals surface area contributed by atoms with Crippen molar-refractivity contribution >= 4 is 12.0 Å². The van der Waals surface area contributed by atoms with Crippen LogP contribution in [0.3, 0.4) is 0 Å². The zero-order valence-electron chi connectivity index (χ0n) is 7.95. The second-order valence-corrected chi connectivity index (χ2v) is 2.85. The van der Waals surface area contributed by atoms with Gasteiger partial charge in [0.1, 0.15) is 0 Å². The van der Waals surface area contributed by atoms with Gasteiger partial charge >= 0.3 is 0 Å². The predicted molar refractivity (Wildman–Crippen MR) is 54.3 cm³/mol. The molecule has 0 aromatic heterocycles. The number of hydrogen-bond acceptors (Lipinski definition) is 2. The Morgan fingerprint density at radius 1 is 1.38 bits per heavy atom. The number of Topliss-reactive ketones (excluding diaryl/α,β-unsaturated/α-hetero) is 1. The Hall–Kier alpha value is -1.44. The summed E-state index contributed by atoms with van der Waals surface area (Å²) in [6.45, 7) is 4.15. The molecule has 0 saturated carbocycles. The van der Waals surface area contributed by atoms with Gasteiger partial charge in [0.15, 0.2) is 5.78 Å². The first kappa shape index (κ1) is 9.65. The summed E-state index contributed by atoms with van der Waals surface area (Å²) >= 11 is 0. The van der Waals surface area contributed by atoms with Gasteiger partial charge < -0.3 is 0 Å². The summed E-state index contributed by atoms with van der Waals surface area (Å²) in [7, 11) is 0. The first-order valence-electron chi connectivity index (χ1n) is 4.28. The number of nitrogens with zero attached hydrogens (tertiary/aromatic N) is 1. The summed E-state index contributed by atoms with van der Waals surface area (Å²) in [4.78, 5) is 15.0. The van der Waals surface area contributed by atoms with Gasteiger partial charge in [-0.25, -0.2) is 0 Å². The molecular formula is C11H13NO. The molecule has 0 spiro atoms. The van der Waals surface area contributed by atoms with Crippen LogP contribution >= 0.6 is 0 Å². The SMILES string of the molecule is CC=NCc1ccc(C(C)=O)cc1. The number of rotatable bonds is 3. The van der Waals surface area contributed by atoms with Crippen molar-refractivity contribution in [3.05, 3.63) is 35.4 Å². The summed E-state index contributed by atoms with van der Waals surface area (Å²) in [6.07, 6.45) is 1.78. The Kier molecular flexibility index (Phi) is 3.38. The zero-order chi connectivity index (χ0) is 9.68. The van der Waals surface area contributed by atoms with E-state index in [2.05, 4.69) is 4.99 Å². The van der Waals surface area contributed by atoms with E-state index < -0.39 is 0 Å². The third kappa shape index (κ3) is 2.82. The minimum absolute atomic E-state index is 0.102. The lowest BCUT2D eigenvalue weighted by Crippen LogP contribution is -1.91. The van der Waals surface area contributed by atoms with E-state index >= 15 is 0 Å². The Bertz CT molecular complexity index is 311. The van der Waals surface area contributed by atoms with E-state index in [1.807, 2.05) is 31.2 Å². The molecule has 0 unspecified atom stereocenters. The van der Waals surface area contributed by atoms with Crippen molar-refractivity contribution in [2.45, 2.75) is 20.4 Å². The maximum absolute atomic E-state index is 10.9. The van der Waals surface area contributed by atoms with Crippen LogP contribution in [-0.4, -0.2) is 12.0 Å². The Balaban J connectivity index is 2.75. The largest absolute Gasteiger partial charge is 0.295 e. The molecule has 0 heterocycles. The van der Waals surface area contributed by atoms with Gasteiger partial charge in [-0.05, 0) is 25.6 Å². The molecule has 0 amide bonds. The summed E-state index contributed by atoms with van der Waals surface area (Å²) in [6, 6.07) is 7.54. The highest BCUT2D eigenvalue weighted by molar-refractivity contribution is 5.93. The van der Waals surface area contributed by atoms with Crippen LogP contribution in [0.5, 0.6) is 0 Å². The van der Waals surface area contributed by atoms with E-state index in [0.717, 1.165) is 11.1 Å². The second kappa shape index (κ2) is 4.55. The lowest BCUT2D eigenvalue weighted by atomic mass is 10.1. The van der Waals surface area contributed by atoms with Gasteiger partial charge in [0.2, 0.25) is 0 Å². The highest BCUT2D eigenvalue weighted by Crippen LogP contribution is 2.05. The van der Waals surface area contributed by atoms with Crippen molar-refractivity contribution in [3.8, 4) is 0 Å². The molecule has 0 bridgehead atoms. The summed E-state index contributed by atoms with van der Waals surface area (Å²) in [5.74, 6) is 0.102. The van der Waals surface area contributed by atoms with Gasteiger partial charge in [-0.3, -0.25) is 9.79 Å². The van der Waals surface area contributed by atoms with Crippen molar-refractivity contribution in [2.75, 3.05) is 0 Å². The van der Waals surface area contributed by atoms with Crippen molar-refractivity contribution < 1.29 is 4.79 Å². The second-order valence-electron chi connectivity index (χ2n) is 2.85. The van der Waals surface area contributed by atoms with Crippen LogP contribution in [0.2, 0.25) is 0 Å². The average Bonchev–Trinajstić information content (AvgIpc) is 2.15. The molecular weight excluding hydrogens is 162 g/mol. The molecule has 0 aliphatic carbocycles. The van der Waals surface area contributed by atoms with Crippen LogP contribution in [0.4, 0.5) is 0 Å². The predicted octanol–water partition coefficient (Wildman–Crippen LogP) is 2.48. The fourth-order valence-corrected chi connectivity index (χ4v) is 1.04. The first-order chi connectivity index (χ1) is 6.24. The Morgan fingerprint density at radius 2 is 2.00 bits per heavy atom. The molecule has 0 atom stereocenters. The summed E-state index contributed by atoms with van der Waals surface area (Å²) < 4.78 is 0. The van der Waals surface area contributed by atoms with Crippen molar-refractivity contribution in [2.24, 2.45) is 4.99 Å². The third-order valence-corrected chi connectivity index (χ3v) is 1.82. The molecule has 68 valence electrons. The fourth-order valence-electron chi connectivity index (χ4n) is 1.04. The number of hydrogen-bond donors (Lipinski definition) is 0. The van der Waals surface area contributed by atoms with Gasteiger partial charge in [-0.2, -0.15) is 0 Å². The molecule has 0 saturated heterocycles. The van der Waals surface area contributed by atoms with Crippen LogP contribution in [0.25, 0.3) is 0 Å². The maximum Gasteiger partial charge on any atom is 0.159 e. The molecule has 1 aromatic rings. The lowest BCUT2D eigenvalue weighted by Gasteiger charge is -1.97. The number of carbonyl (C=O) groups excluding carboxylic acids is 1.